The average Bonchev–Trinajstić information content (AvgIpc) is 2.47. The molecule has 2 rings (SSSR count). The standard InChI is InChI=1S/C14H17N3O3/c1-2-16(7-8-18)13(19)9-17-10-15-12-6-4-3-5-11(12)14(17)20/h3-6,10,18H,2,7-9H2,1H3. The van der Waals surface area contributed by atoms with Crippen molar-refractivity contribution in [1.29, 1.82) is 0 Å². The van der Waals surface area contributed by atoms with Crippen LogP contribution in [0.25, 0.3) is 10.9 Å². The molecule has 0 unspecified atom stereocenters. The zero-order valence-corrected chi connectivity index (χ0v) is 11.3. The highest BCUT2D eigenvalue weighted by Gasteiger charge is 2.13. The quantitative estimate of drug-likeness (QED) is 0.848. The molecule has 6 heteroatoms. The van der Waals surface area contributed by atoms with Crippen LogP contribution in [0, 0.1) is 0 Å². The number of hydrogen-bond acceptors (Lipinski definition) is 4. The molecule has 1 aromatic carbocycles. The van der Waals surface area contributed by atoms with Crippen LogP contribution in [0.15, 0.2) is 35.4 Å². The van der Waals surface area contributed by atoms with E-state index in [0.717, 1.165) is 0 Å². The number of carbonyl (C=O) groups is 1. The number of aliphatic hydroxyl groups excluding tert-OH is 1. The van der Waals surface area contributed by atoms with E-state index < -0.39 is 0 Å². The molecule has 0 aliphatic heterocycles. The molecule has 1 aromatic heterocycles. The maximum Gasteiger partial charge on any atom is 0.261 e. The molecule has 106 valence electrons. The van der Waals surface area contributed by atoms with Gasteiger partial charge in [-0.25, -0.2) is 4.98 Å². The lowest BCUT2D eigenvalue weighted by molar-refractivity contribution is -0.132. The Morgan fingerprint density at radius 3 is 2.85 bits per heavy atom. The van der Waals surface area contributed by atoms with Gasteiger partial charge in [-0.2, -0.15) is 0 Å². The van der Waals surface area contributed by atoms with E-state index >= 15 is 0 Å². The monoisotopic (exact) mass is 275 g/mol. The van der Waals surface area contributed by atoms with Gasteiger partial charge in [-0.3, -0.25) is 14.2 Å². The van der Waals surface area contributed by atoms with Gasteiger partial charge in [-0.05, 0) is 19.1 Å². The maximum absolute atomic E-state index is 12.2. The van der Waals surface area contributed by atoms with E-state index in [0.29, 0.717) is 17.4 Å². The molecule has 6 nitrogen and oxygen atoms in total. The van der Waals surface area contributed by atoms with Gasteiger partial charge < -0.3 is 10.0 Å². The molecule has 0 fully saturated rings. The Morgan fingerprint density at radius 2 is 2.15 bits per heavy atom. The Kier molecular flexibility index (Phi) is 4.47. The van der Waals surface area contributed by atoms with Crippen molar-refractivity contribution in [1.82, 2.24) is 14.5 Å². The van der Waals surface area contributed by atoms with E-state index in [-0.39, 0.29) is 31.2 Å². The van der Waals surface area contributed by atoms with Gasteiger partial charge >= 0.3 is 0 Å². The first-order chi connectivity index (χ1) is 9.67. The highest BCUT2D eigenvalue weighted by atomic mass is 16.3. The number of nitrogens with zero attached hydrogens (tertiary/aromatic N) is 3. The summed E-state index contributed by atoms with van der Waals surface area (Å²) < 4.78 is 1.30. The molecule has 2 aromatic rings. The number of hydrogen-bond donors (Lipinski definition) is 1. The first kappa shape index (κ1) is 14.2. The van der Waals surface area contributed by atoms with E-state index in [1.54, 1.807) is 18.2 Å². The van der Waals surface area contributed by atoms with E-state index in [1.165, 1.54) is 15.8 Å². The SMILES string of the molecule is CCN(CCO)C(=O)Cn1cnc2ccccc2c1=O. The number of amides is 1. The second kappa shape index (κ2) is 6.29. The van der Waals surface area contributed by atoms with Crippen molar-refractivity contribution in [3.8, 4) is 0 Å². The second-order valence-corrected chi connectivity index (χ2v) is 4.39. The zero-order chi connectivity index (χ0) is 14.5. The molecule has 0 aliphatic rings. The number of aliphatic hydroxyl groups is 1. The third kappa shape index (κ3) is 2.85. The molecule has 0 spiro atoms. The number of carbonyl (C=O) groups excluding carboxylic acids is 1. The molecular formula is C14H17N3O3. The van der Waals surface area contributed by atoms with Gasteiger partial charge in [0.15, 0.2) is 0 Å². The summed E-state index contributed by atoms with van der Waals surface area (Å²) in [6, 6.07) is 7.02. The predicted molar refractivity (Wildman–Crippen MR) is 75.3 cm³/mol. The highest BCUT2D eigenvalue weighted by molar-refractivity contribution is 5.78. The molecule has 1 amide bonds. The van der Waals surface area contributed by atoms with E-state index in [9.17, 15) is 9.59 Å². The van der Waals surface area contributed by atoms with Crippen molar-refractivity contribution >= 4 is 16.8 Å². The van der Waals surface area contributed by atoms with Gasteiger partial charge in [0.25, 0.3) is 5.56 Å². The molecule has 1 heterocycles. The lowest BCUT2D eigenvalue weighted by Crippen LogP contribution is -2.38. The summed E-state index contributed by atoms with van der Waals surface area (Å²) in [5.41, 5.74) is 0.382. The van der Waals surface area contributed by atoms with Gasteiger partial charge in [0.05, 0.1) is 23.8 Å². The van der Waals surface area contributed by atoms with E-state index in [1.807, 2.05) is 13.0 Å². The van der Waals surface area contributed by atoms with Crippen molar-refractivity contribution in [2.24, 2.45) is 0 Å². The van der Waals surface area contributed by atoms with Crippen molar-refractivity contribution in [2.45, 2.75) is 13.5 Å². The van der Waals surface area contributed by atoms with Gasteiger partial charge in [0.2, 0.25) is 5.91 Å². The minimum Gasteiger partial charge on any atom is -0.395 e. The molecule has 0 radical (unpaired) electrons. The normalized spacial score (nSPS) is 10.7. The summed E-state index contributed by atoms with van der Waals surface area (Å²) in [7, 11) is 0. The predicted octanol–water partition coefficient (Wildman–Crippen LogP) is 0.237. The second-order valence-electron chi connectivity index (χ2n) is 4.39. The summed E-state index contributed by atoms with van der Waals surface area (Å²) in [5, 5.41) is 9.40. The van der Waals surface area contributed by atoms with Crippen LogP contribution in [-0.2, 0) is 11.3 Å². The molecule has 0 atom stereocenters. The summed E-state index contributed by atoms with van der Waals surface area (Å²) in [6.45, 7) is 2.43. The summed E-state index contributed by atoms with van der Waals surface area (Å²) in [5.74, 6) is -0.208. The molecule has 1 N–H and O–H groups in total. The summed E-state index contributed by atoms with van der Waals surface area (Å²) in [6.07, 6.45) is 1.38. The van der Waals surface area contributed by atoms with Crippen molar-refractivity contribution in [3.05, 3.63) is 40.9 Å². The fourth-order valence-corrected chi connectivity index (χ4v) is 2.04. The third-order valence-electron chi connectivity index (χ3n) is 3.14. The van der Waals surface area contributed by atoms with Gasteiger partial charge in [0, 0.05) is 13.1 Å². The Balaban J connectivity index is 2.28. The lowest BCUT2D eigenvalue weighted by atomic mass is 10.2. The maximum atomic E-state index is 12.2. The first-order valence-corrected chi connectivity index (χ1v) is 6.50. The van der Waals surface area contributed by atoms with Crippen LogP contribution in [0.1, 0.15) is 6.92 Å². The number of para-hydroxylation sites is 1. The van der Waals surface area contributed by atoms with Crippen molar-refractivity contribution < 1.29 is 9.90 Å². The van der Waals surface area contributed by atoms with Crippen molar-refractivity contribution in [2.75, 3.05) is 19.7 Å². The summed E-state index contributed by atoms with van der Waals surface area (Å²) >= 11 is 0. The van der Waals surface area contributed by atoms with Crippen LogP contribution >= 0.6 is 0 Å². The molecular weight excluding hydrogens is 258 g/mol. The topological polar surface area (TPSA) is 75.4 Å². The van der Waals surface area contributed by atoms with Gasteiger partial charge in [-0.1, -0.05) is 12.1 Å². The van der Waals surface area contributed by atoms with Crippen LogP contribution in [0.4, 0.5) is 0 Å². The number of benzene rings is 1. The molecule has 0 bridgehead atoms. The fourth-order valence-electron chi connectivity index (χ4n) is 2.04. The third-order valence-corrected chi connectivity index (χ3v) is 3.14. The fraction of sp³-hybridized carbons (Fsp3) is 0.357. The van der Waals surface area contributed by atoms with Crippen LogP contribution < -0.4 is 5.56 Å². The minimum absolute atomic E-state index is 0.0650. The van der Waals surface area contributed by atoms with Crippen LogP contribution in [0.5, 0.6) is 0 Å². The number of rotatable bonds is 5. The lowest BCUT2D eigenvalue weighted by Gasteiger charge is -2.20. The summed E-state index contributed by atoms with van der Waals surface area (Å²) in [4.78, 5) is 30.0. The molecule has 0 saturated carbocycles. The highest BCUT2D eigenvalue weighted by Crippen LogP contribution is 2.04. The minimum atomic E-state index is -0.232. The average molecular weight is 275 g/mol. The Hall–Kier alpha value is -2.21. The largest absolute Gasteiger partial charge is 0.395 e. The number of aromatic nitrogens is 2. The Morgan fingerprint density at radius 1 is 1.40 bits per heavy atom. The smallest absolute Gasteiger partial charge is 0.261 e. The Bertz CT molecular complexity index is 666. The van der Waals surface area contributed by atoms with Crippen LogP contribution in [0.2, 0.25) is 0 Å². The van der Waals surface area contributed by atoms with E-state index in [2.05, 4.69) is 4.98 Å². The molecule has 0 aliphatic carbocycles. The van der Waals surface area contributed by atoms with E-state index in [4.69, 9.17) is 5.11 Å². The van der Waals surface area contributed by atoms with Crippen molar-refractivity contribution in [3.63, 3.8) is 0 Å². The zero-order valence-electron chi connectivity index (χ0n) is 11.3. The molecule has 0 saturated heterocycles. The van der Waals surface area contributed by atoms with Gasteiger partial charge in [0.1, 0.15) is 6.54 Å². The number of likely N-dealkylation sites (N-methyl/N-ethyl adjacent to an activating group) is 1. The number of fused-ring (bicyclic) bond motifs is 1. The Labute approximate surface area is 116 Å². The van der Waals surface area contributed by atoms with Gasteiger partial charge in [-0.15, -0.1) is 0 Å². The molecule has 20 heavy (non-hydrogen) atoms. The van der Waals surface area contributed by atoms with Crippen LogP contribution in [-0.4, -0.2) is 45.2 Å². The van der Waals surface area contributed by atoms with Crippen LogP contribution in [0.3, 0.4) is 0 Å². The first-order valence-electron chi connectivity index (χ1n) is 6.50.